The van der Waals surface area contributed by atoms with Crippen molar-refractivity contribution >= 4 is 5.82 Å². The van der Waals surface area contributed by atoms with Crippen molar-refractivity contribution in [2.75, 3.05) is 18.0 Å². The molecule has 0 amide bonds. The molecule has 4 rings (SSSR count). The van der Waals surface area contributed by atoms with Crippen LogP contribution in [0.3, 0.4) is 0 Å². The topological polar surface area (TPSA) is 57.7 Å². The molecule has 3 aromatic rings. The van der Waals surface area contributed by atoms with Crippen LogP contribution in [-0.4, -0.2) is 28.1 Å². The highest BCUT2D eigenvalue weighted by Gasteiger charge is 2.28. The van der Waals surface area contributed by atoms with E-state index in [2.05, 4.69) is 71.4 Å². The molecule has 1 atom stereocenters. The van der Waals surface area contributed by atoms with Gasteiger partial charge >= 0.3 is 0 Å². The molecule has 130 valence electrons. The average Bonchev–Trinajstić information content (AvgIpc) is 3.31. The number of aromatic nitrogens is 3. The van der Waals surface area contributed by atoms with Crippen LogP contribution in [0.5, 0.6) is 0 Å². The van der Waals surface area contributed by atoms with Gasteiger partial charge in [0, 0.05) is 19.0 Å². The SMILES string of the molecule is Cc1ccc(-n2nc(C#N)c(N3CC[C@@H](c4ccccc4)C3)n2)cc1C. The van der Waals surface area contributed by atoms with Gasteiger partial charge in [-0.2, -0.15) is 5.26 Å². The lowest BCUT2D eigenvalue weighted by atomic mass is 9.99. The summed E-state index contributed by atoms with van der Waals surface area (Å²) in [5, 5.41) is 18.6. The molecular formula is C21H21N5. The number of nitriles is 1. The summed E-state index contributed by atoms with van der Waals surface area (Å²) in [6, 6.07) is 18.8. The van der Waals surface area contributed by atoms with Gasteiger partial charge in [0.05, 0.1) is 5.69 Å². The third kappa shape index (κ3) is 2.95. The standard InChI is InChI=1S/C21H21N5/c1-15-8-9-19(12-16(15)2)26-23-20(13-22)21(24-26)25-11-10-18(14-25)17-6-4-3-5-7-17/h3-9,12,18H,10-11,14H2,1-2H3/t18-/m1/s1. The summed E-state index contributed by atoms with van der Waals surface area (Å²) in [7, 11) is 0. The maximum atomic E-state index is 9.53. The fourth-order valence-corrected chi connectivity index (χ4v) is 3.50. The van der Waals surface area contributed by atoms with Crippen LogP contribution < -0.4 is 4.90 Å². The van der Waals surface area contributed by atoms with Crippen molar-refractivity contribution in [3.8, 4) is 11.8 Å². The van der Waals surface area contributed by atoms with Crippen LogP contribution in [0, 0.1) is 25.2 Å². The number of aryl methyl sites for hydroxylation is 2. The Morgan fingerprint density at radius 3 is 2.58 bits per heavy atom. The van der Waals surface area contributed by atoms with Gasteiger partial charge in [-0.15, -0.1) is 15.0 Å². The summed E-state index contributed by atoms with van der Waals surface area (Å²) < 4.78 is 0. The predicted molar refractivity (Wildman–Crippen MR) is 102 cm³/mol. The molecule has 0 spiro atoms. The highest BCUT2D eigenvalue weighted by atomic mass is 15.5. The summed E-state index contributed by atoms with van der Waals surface area (Å²) in [5.74, 6) is 1.15. The van der Waals surface area contributed by atoms with Gasteiger partial charge < -0.3 is 4.90 Å². The molecule has 1 fully saturated rings. The summed E-state index contributed by atoms with van der Waals surface area (Å²) in [5.41, 5.74) is 5.03. The molecule has 2 heterocycles. The zero-order chi connectivity index (χ0) is 18.1. The molecule has 5 nitrogen and oxygen atoms in total. The summed E-state index contributed by atoms with van der Waals surface area (Å²) >= 11 is 0. The Bertz CT molecular complexity index is 968. The van der Waals surface area contributed by atoms with Crippen molar-refractivity contribution in [3.05, 3.63) is 70.9 Å². The van der Waals surface area contributed by atoms with Gasteiger partial charge in [0.1, 0.15) is 6.07 Å². The molecule has 1 aromatic heterocycles. The molecule has 0 unspecified atom stereocenters. The fraction of sp³-hybridized carbons (Fsp3) is 0.286. The molecular weight excluding hydrogens is 322 g/mol. The number of hydrogen-bond acceptors (Lipinski definition) is 4. The summed E-state index contributed by atoms with van der Waals surface area (Å²) in [6.45, 7) is 5.90. The van der Waals surface area contributed by atoms with E-state index in [0.717, 1.165) is 25.2 Å². The Kier molecular flexibility index (Phi) is 4.18. The van der Waals surface area contributed by atoms with E-state index in [-0.39, 0.29) is 0 Å². The first kappa shape index (κ1) is 16.3. The van der Waals surface area contributed by atoms with Crippen LogP contribution in [0.4, 0.5) is 5.82 Å². The smallest absolute Gasteiger partial charge is 0.207 e. The zero-order valence-corrected chi connectivity index (χ0v) is 15.1. The van der Waals surface area contributed by atoms with E-state index in [1.54, 1.807) is 4.80 Å². The van der Waals surface area contributed by atoms with Crippen LogP contribution in [0.25, 0.3) is 5.69 Å². The maximum absolute atomic E-state index is 9.53. The minimum Gasteiger partial charge on any atom is -0.352 e. The van der Waals surface area contributed by atoms with Crippen molar-refractivity contribution in [2.24, 2.45) is 0 Å². The molecule has 0 saturated carbocycles. The molecule has 26 heavy (non-hydrogen) atoms. The Morgan fingerprint density at radius 1 is 1.04 bits per heavy atom. The molecule has 0 aliphatic carbocycles. The summed E-state index contributed by atoms with van der Waals surface area (Å²) in [4.78, 5) is 3.76. The fourth-order valence-electron chi connectivity index (χ4n) is 3.50. The van der Waals surface area contributed by atoms with Crippen molar-refractivity contribution in [3.63, 3.8) is 0 Å². The van der Waals surface area contributed by atoms with Crippen LogP contribution in [0.15, 0.2) is 48.5 Å². The van der Waals surface area contributed by atoms with Crippen LogP contribution in [0.2, 0.25) is 0 Å². The Morgan fingerprint density at radius 2 is 1.85 bits per heavy atom. The Balaban J connectivity index is 1.62. The number of nitrogens with zero attached hydrogens (tertiary/aromatic N) is 5. The molecule has 1 saturated heterocycles. The minimum atomic E-state index is 0.386. The largest absolute Gasteiger partial charge is 0.352 e. The third-order valence-corrected chi connectivity index (χ3v) is 5.18. The quantitative estimate of drug-likeness (QED) is 0.727. The van der Waals surface area contributed by atoms with Gasteiger partial charge in [0.25, 0.3) is 0 Å². The second-order valence-corrected chi connectivity index (χ2v) is 6.88. The highest BCUT2D eigenvalue weighted by molar-refractivity contribution is 5.52. The minimum absolute atomic E-state index is 0.386. The van der Waals surface area contributed by atoms with E-state index in [1.807, 2.05) is 12.1 Å². The van der Waals surface area contributed by atoms with Gasteiger partial charge in [-0.3, -0.25) is 0 Å². The number of hydrogen-bond donors (Lipinski definition) is 0. The van der Waals surface area contributed by atoms with Crippen molar-refractivity contribution in [1.82, 2.24) is 15.0 Å². The molecule has 0 bridgehead atoms. The van der Waals surface area contributed by atoms with Crippen LogP contribution in [0.1, 0.15) is 34.7 Å². The molecule has 1 aliphatic rings. The van der Waals surface area contributed by atoms with E-state index in [0.29, 0.717) is 17.4 Å². The van der Waals surface area contributed by atoms with E-state index in [1.165, 1.54) is 16.7 Å². The first-order valence-electron chi connectivity index (χ1n) is 8.90. The first-order valence-corrected chi connectivity index (χ1v) is 8.90. The summed E-state index contributed by atoms with van der Waals surface area (Å²) in [6.07, 6.45) is 1.06. The van der Waals surface area contributed by atoms with Gasteiger partial charge in [-0.05, 0) is 49.1 Å². The predicted octanol–water partition coefficient (Wildman–Crippen LogP) is 3.75. The Labute approximate surface area is 153 Å². The number of benzene rings is 2. The number of rotatable bonds is 3. The molecule has 0 radical (unpaired) electrons. The van der Waals surface area contributed by atoms with Crippen molar-refractivity contribution in [2.45, 2.75) is 26.2 Å². The number of anilines is 1. The third-order valence-electron chi connectivity index (χ3n) is 5.18. The second-order valence-electron chi connectivity index (χ2n) is 6.88. The lowest BCUT2D eigenvalue weighted by Crippen LogP contribution is -2.20. The van der Waals surface area contributed by atoms with Gasteiger partial charge in [0.15, 0.2) is 5.82 Å². The van der Waals surface area contributed by atoms with Crippen molar-refractivity contribution < 1.29 is 0 Å². The van der Waals surface area contributed by atoms with E-state index >= 15 is 0 Å². The molecule has 1 aliphatic heterocycles. The monoisotopic (exact) mass is 343 g/mol. The lowest BCUT2D eigenvalue weighted by Gasteiger charge is -2.15. The normalized spacial score (nSPS) is 16.7. The van der Waals surface area contributed by atoms with E-state index in [4.69, 9.17) is 0 Å². The molecule has 5 heteroatoms. The van der Waals surface area contributed by atoms with Crippen LogP contribution in [-0.2, 0) is 0 Å². The lowest BCUT2D eigenvalue weighted by molar-refractivity contribution is 0.740. The van der Waals surface area contributed by atoms with Crippen molar-refractivity contribution in [1.29, 1.82) is 5.26 Å². The van der Waals surface area contributed by atoms with Gasteiger partial charge in [-0.25, -0.2) is 0 Å². The zero-order valence-electron chi connectivity index (χ0n) is 15.1. The maximum Gasteiger partial charge on any atom is 0.207 e. The second kappa shape index (κ2) is 6.64. The van der Waals surface area contributed by atoms with E-state index in [9.17, 15) is 5.26 Å². The highest BCUT2D eigenvalue weighted by Crippen LogP contribution is 2.31. The van der Waals surface area contributed by atoms with Crippen LogP contribution >= 0.6 is 0 Å². The first-order chi connectivity index (χ1) is 12.7. The average molecular weight is 343 g/mol. The Hall–Kier alpha value is -3.13. The van der Waals surface area contributed by atoms with E-state index < -0.39 is 0 Å². The molecule has 2 aromatic carbocycles. The molecule has 0 N–H and O–H groups in total. The van der Waals surface area contributed by atoms with Gasteiger partial charge in [-0.1, -0.05) is 36.4 Å². The van der Waals surface area contributed by atoms with Gasteiger partial charge in [0.2, 0.25) is 5.69 Å².